The summed E-state index contributed by atoms with van der Waals surface area (Å²) in [6, 6.07) is 8.03. The minimum atomic E-state index is 0.860. The fourth-order valence-corrected chi connectivity index (χ4v) is 1.74. The molecule has 1 aliphatic rings. The maximum Gasteiger partial charge on any atom is 0.0880 e. The van der Waals surface area contributed by atoms with Crippen LogP contribution in [0.15, 0.2) is 40.7 Å². The van der Waals surface area contributed by atoms with Crippen LogP contribution >= 0.6 is 0 Å². The molecule has 1 aromatic rings. The molecule has 2 N–H and O–H groups in total. The highest BCUT2D eigenvalue weighted by Gasteiger charge is 1.93. The number of nitrogens with zero attached hydrogens (tertiary/aromatic N) is 2. The van der Waals surface area contributed by atoms with Crippen molar-refractivity contribution < 1.29 is 0 Å². The highest BCUT2D eigenvalue weighted by Crippen LogP contribution is 2.16. The van der Waals surface area contributed by atoms with E-state index in [2.05, 4.69) is 39.5 Å². The Morgan fingerprint density at radius 2 is 2.12 bits per heavy atom. The summed E-state index contributed by atoms with van der Waals surface area (Å²) in [6.07, 6.45) is 9.14. The Morgan fingerprint density at radius 1 is 1.12 bits per heavy atom. The van der Waals surface area contributed by atoms with Gasteiger partial charge >= 0.3 is 0 Å². The fraction of sp³-hybridized carbons (Fsp3) is 0.385. The second kappa shape index (κ2) is 6.81. The minimum absolute atomic E-state index is 0.860. The highest BCUT2D eigenvalue weighted by atomic mass is 15.6. The van der Waals surface area contributed by atoms with Gasteiger partial charge in [-0.15, -0.1) is 5.11 Å². The first kappa shape index (κ1) is 11.8. The predicted octanol–water partition coefficient (Wildman–Crippen LogP) is 3.37. The van der Waals surface area contributed by atoms with Gasteiger partial charge in [0.15, 0.2) is 0 Å². The van der Waals surface area contributed by atoms with Crippen LogP contribution in [0.3, 0.4) is 0 Å². The van der Waals surface area contributed by atoms with Gasteiger partial charge in [0.2, 0.25) is 0 Å². The zero-order chi connectivity index (χ0) is 11.8. The Balaban J connectivity index is 2.08. The van der Waals surface area contributed by atoms with Gasteiger partial charge in [0, 0.05) is 6.54 Å². The molecule has 0 aliphatic carbocycles. The molecule has 0 fully saturated rings. The topological polar surface area (TPSA) is 48.8 Å². The third kappa shape index (κ3) is 4.36. The molecule has 1 heterocycles. The van der Waals surface area contributed by atoms with Crippen molar-refractivity contribution >= 4 is 11.8 Å². The van der Waals surface area contributed by atoms with Crippen molar-refractivity contribution in [3.8, 4) is 0 Å². The summed E-state index contributed by atoms with van der Waals surface area (Å²) in [5.74, 6) is 0. The summed E-state index contributed by atoms with van der Waals surface area (Å²) in [7, 11) is 0. The van der Waals surface area contributed by atoms with Crippen LogP contribution in [0.2, 0.25) is 0 Å². The molecule has 0 amide bonds. The van der Waals surface area contributed by atoms with Crippen LogP contribution in [0.25, 0.3) is 6.08 Å². The maximum absolute atomic E-state index is 4.08. The first-order valence-electron chi connectivity index (χ1n) is 6.10. The molecular formula is C13H18N4. The van der Waals surface area contributed by atoms with Crippen LogP contribution in [0.1, 0.15) is 31.2 Å². The number of fused-ring (bicyclic) bond motifs is 2. The van der Waals surface area contributed by atoms with Crippen LogP contribution in [-0.2, 0) is 0 Å². The Bertz CT molecular complexity index is 365. The molecule has 0 radical (unpaired) electrons. The standard InChI is InChI=1S/C13H18N4/c1-2-4-7-12-8-6-9-13(11-12)15-17-16-14-10-5-3-1/h4,6-9,11H,1-3,5,10H2,(H,14,17)(H,15,16)/b7-4-. The Hall–Kier alpha value is -1.68. The average molecular weight is 230 g/mol. The molecule has 2 bridgehead atoms. The van der Waals surface area contributed by atoms with Crippen LogP contribution in [0.5, 0.6) is 0 Å². The third-order valence-corrected chi connectivity index (χ3v) is 2.65. The summed E-state index contributed by atoms with van der Waals surface area (Å²) in [6.45, 7) is 0.919. The van der Waals surface area contributed by atoms with E-state index in [4.69, 9.17) is 0 Å². The quantitative estimate of drug-likeness (QED) is 0.718. The van der Waals surface area contributed by atoms with Gasteiger partial charge in [-0.1, -0.05) is 35.9 Å². The van der Waals surface area contributed by atoms with Gasteiger partial charge in [-0.25, -0.2) is 11.0 Å². The molecule has 2 rings (SSSR count). The minimum Gasteiger partial charge on any atom is -0.224 e. The SMILES string of the molecule is C1=C\c2cccc(c2)N=NNNCCCCC/1. The first-order valence-corrected chi connectivity index (χ1v) is 6.10. The van der Waals surface area contributed by atoms with Crippen molar-refractivity contribution in [2.45, 2.75) is 25.7 Å². The molecule has 0 unspecified atom stereocenters. The Morgan fingerprint density at radius 3 is 3.12 bits per heavy atom. The van der Waals surface area contributed by atoms with Gasteiger partial charge in [-0.3, -0.25) is 0 Å². The van der Waals surface area contributed by atoms with E-state index in [0.717, 1.165) is 25.1 Å². The van der Waals surface area contributed by atoms with Gasteiger partial charge < -0.3 is 0 Å². The number of nitrogens with one attached hydrogen (secondary N) is 2. The summed E-state index contributed by atoms with van der Waals surface area (Å²) in [4.78, 5) is 0. The van der Waals surface area contributed by atoms with E-state index in [0.29, 0.717) is 0 Å². The number of allylic oxidation sites excluding steroid dienone is 1. The summed E-state index contributed by atoms with van der Waals surface area (Å²) >= 11 is 0. The fourth-order valence-electron chi connectivity index (χ4n) is 1.74. The van der Waals surface area contributed by atoms with E-state index in [9.17, 15) is 0 Å². The van der Waals surface area contributed by atoms with E-state index in [1.807, 2.05) is 18.2 Å². The molecule has 1 aromatic carbocycles. The third-order valence-electron chi connectivity index (χ3n) is 2.65. The number of benzene rings is 1. The van der Waals surface area contributed by atoms with E-state index < -0.39 is 0 Å². The molecular weight excluding hydrogens is 212 g/mol. The maximum atomic E-state index is 4.08. The van der Waals surface area contributed by atoms with Crippen molar-refractivity contribution in [1.29, 1.82) is 0 Å². The molecule has 4 nitrogen and oxygen atoms in total. The van der Waals surface area contributed by atoms with Crippen LogP contribution in [0.4, 0.5) is 5.69 Å². The second-order valence-electron chi connectivity index (χ2n) is 4.09. The normalized spacial score (nSPS) is 19.1. The summed E-state index contributed by atoms with van der Waals surface area (Å²) in [5.41, 5.74) is 7.79. The molecule has 0 saturated carbocycles. The lowest BCUT2D eigenvalue weighted by molar-refractivity contribution is 0.509. The van der Waals surface area contributed by atoms with Gasteiger partial charge in [0.1, 0.15) is 0 Å². The largest absolute Gasteiger partial charge is 0.224 e. The first-order chi connectivity index (χ1) is 8.45. The molecule has 0 saturated heterocycles. The van der Waals surface area contributed by atoms with Gasteiger partial charge in [-0.2, -0.15) is 0 Å². The zero-order valence-electron chi connectivity index (χ0n) is 9.89. The molecule has 0 atom stereocenters. The van der Waals surface area contributed by atoms with E-state index in [1.165, 1.54) is 18.4 Å². The lowest BCUT2D eigenvalue weighted by Gasteiger charge is -2.03. The number of rotatable bonds is 0. The summed E-state index contributed by atoms with van der Waals surface area (Å²) in [5, 5.41) is 7.95. The zero-order valence-corrected chi connectivity index (χ0v) is 9.89. The summed E-state index contributed by atoms with van der Waals surface area (Å²) < 4.78 is 0. The number of hydrazine groups is 1. The monoisotopic (exact) mass is 230 g/mol. The molecule has 90 valence electrons. The van der Waals surface area contributed by atoms with E-state index >= 15 is 0 Å². The predicted molar refractivity (Wildman–Crippen MR) is 69.6 cm³/mol. The van der Waals surface area contributed by atoms with Crippen LogP contribution in [0, 0.1) is 0 Å². The number of hydrogen-bond acceptors (Lipinski definition) is 4. The molecule has 4 heteroatoms. The smallest absolute Gasteiger partial charge is 0.0880 e. The lowest BCUT2D eigenvalue weighted by Crippen LogP contribution is -2.27. The average Bonchev–Trinajstić information content (AvgIpc) is 2.36. The molecule has 0 aromatic heterocycles. The molecule has 1 aliphatic heterocycles. The Kier molecular flexibility index (Phi) is 4.72. The van der Waals surface area contributed by atoms with Crippen LogP contribution < -0.4 is 11.0 Å². The van der Waals surface area contributed by atoms with E-state index in [1.54, 1.807) is 0 Å². The lowest BCUT2D eigenvalue weighted by atomic mass is 10.1. The van der Waals surface area contributed by atoms with Gasteiger partial charge in [0.25, 0.3) is 0 Å². The Labute approximate surface area is 102 Å². The molecule has 0 spiro atoms. The van der Waals surface area contributed by atoms with Gasteiger partial charge in [-0.05, 0) is 37.0 Å². The van der Waals surface area contributed by atoms with Crippen molar-refractivity contribution in [2.75, 3.05) is 6.54 Å². The van der Waals surface area contributed by atoms with Crippen molar-refractivity contribution in [1.82, 2.24) is 11.0 Å². The van der Waals surface area contributed by atoms with Crippen molar-refractivity contribution in [3.05, 3.63) is 35.9 Å². The van der Waals surface area contributed by atoms with Crippen molar-refractivity contribution in [3.63, 3.8) is 0 Å². The number of hydrogen-bond donors (Lipinski definition) is 2. The van der Waals surface area contributed by atoms with Crippen molar-refractivity contribution in [2.24, 2.45) is 10.3 Å². The van der Waals surface area contributed by atoms with E-state index in [-0.39, 0.29) is 0 Å². The second-order valence-corrected chi connectivity index (χ2v) is 4.09. The molecule has 17 heavy (non-hydrogen) atoms. The van der Waals surface area contributed by atoms with Gasteiger partial charge in [0.05, 0.1) is 5.69 Å². The van der Waals surface area contributed by atoms with Crippen LogP contribution in [-0.4, -0.2) is 6.54 Å². The highest BCUT2D eigenvalue weighted by molar-refractivity contribution is 5.54.